The summed E-state index contributed by atoms with van der Waals surface area (Å²) in [4.78, 5) is 16.0. The van der Waals surface area contributed by atoms with Crippen molar-refractivity contribution in [3.05, 3.63) is 71.6 Å². The van der Waals surface area contributed by atoms with Gasteiger partial charge in [-0.2, -0.15) is 0 Å². The molecular formula is C17H14N2OS3. The van der Waals surface area contributed by atoms with E-state index >= 15 is 0 Å². The zero-order valence-corrected chi connectivity index (χ0v) is 14.5. The summed E-state index contributed by atoms with van der Waals surface area (Å²) in [6, 6.07) is 21.6. The predicted molar refractivity (Wildman–Crippen MR) is 99.6 cm³/mol. The van der Waals surface area contributed by atoms with Crippen LogP contribution in [-0.2, 0) is 0 Å². The molecule has 0 aliphatic carbocycles. The number of benzene rings is 2. The molecule has 3 N–H and O–H groups in total. The Bertz CT molecular complexity index is 802. The molecule has 6 heteroatoms. The Morgan fingerprint density at radius 2 is 1.61 bits per heavy atom. The zero-order valence-electron chi connectivity index (χ0n) is 12.1. The standard InChI is InChI=1S/C17H14N2OS3/c18-22-14-8-4-5-9-15(14)23-19-17(20)16-11-10-13(21-16)12-6-2-1-3-7-12/h1-11H,18H2,(H,19,20). The first kappa shape index (κ1) is 16.1. The molecule has 1 aromatic heterocycles. The van der Waals surface area contributed by atoms with E-state index in [0.717, 1.165) is 20.2 Å². The lowest BCUT2D eigenvalue weighted by Gasteiger charge is -2.06. The van der Waals surface area contributed by atoms with Gasteiger partial charge < -0.3 is 0 Å². The van der Waals surface area contributed by atoms with Crippen LogP contribution in [0.5, 0.6) is 0 Å². The molecule has 23 heavy (non-hydrogen) atoms. The molecule has 0 fully saturated rings. The molecule has 0 atom stereocenters. The van der Waals surface area contributed by atoms with Gasteiger partial charge in [-0.05, 0) is 53.7 Å². The van der Waals surface area contributed by atoms with E-state index in [4.69, 9.17) is 5.14 Å². The number of nitrogens with one attached hydrogen (secondary N) is 1. The second-order valence-corrected chi connectivity index (χ2v) is 7.24. The van der Waals surface area contributed by atoms with Crippen LogP contribution in [0.15, 0.2) is 76.5 Å². The number of nitrogens with two attached hydrogens (primary N) is 1. The van der Waals surface area contributed by atoms with Gasteiger partial charge >= 0.3 is 0 Å². The lowest BCUT2D eigenvalue weighted by atomic mass is 10.2. The minimum atomic E-state index is -0.0981. The van der Waals surface area contributed by atoms with E-state index in [2.05, 4.69) is 4.72 Å². The number of hydrogen-bond donors (Lipinski definition) is 2. The third kappa shape index (κ3) is 3.97. The van der Waals surface area contributed by atoms with Crippen molar-refractivity contribution in [3.8, 4) is 10.4 Å². The average Bonchev–Trinajstić information content (AvgIpc) is 3.11. The second kappa shape index (κ2) is 7.70. The Kier molecular flexibility index (Phi) is 5.40. The molecule has 0 aliphatic heterocycles. The smallest absolute Gasteiger partial charge is 0.271 e. The molecule has 116 valence electrons. The van der Waals surface area contributed by atoms with Crippen LogP contribution < -0.4 is 9.86 Å². The van der Waals surface area contributed by atoms with E-state index in [0.29, 0.717) is 4.88 Å². The summed E-state index contributed by atoms with van der Waals surface area (Å²) in [5, 5.41) is 5.63. The van der Waals surface area contributed by atoms with E-state index in [1.54, 1.807) is 0 Å². The molecule has 0 spiro atoms. The third-order valence-electron chi connectivity index (χ3n) is 3.12. The minimum Gasteiger partial charge on any atom is -0.291 e. The average molecular weight is 359 g/mol. The third-order valence-corrected chi connectivity index (χ3v) is 5.85. The van der Waals surface area contributed by atoms with Crippen molar-refractivity contribution in [2.24, 2.45) is 5.14 Å². The van der Waals surface area contributed by atoms with Crippen molar-refractivity contribution in [2.45, 2.75) is 9.79 Å². The van der Waals surface area contributed by atoms with Gasteiger partial charge in [0.2, 0.25) is 0 Å². The maximum Gasteiger partial charge on any atom is 0.271 e. The highest BCUT2D eigenvalue weighted by molar-refractivity contribution is 8.00. The molecule has 0 bridgehead atoms. The molecule has 0 saturated carbocycles. The number of carbonyl (C=O) groups is 1. The first-order valence-electron chi connectivity index (χ1n) is 6.86. The van der Waals surface area contributed by atoms with Gasteiger partial charge in [0.1, 0.15) is 0 Å². The van der Waals surface area contributed by atoms with Crippen LogP contribution >= 0.6 is 35.2 Å². The van der Waals surface area contributed by atoms with Gasteiger partial charge in [-0.1, -0.05) is 42.5 Å². The summed E-state index contributed by atoms with van der Waals surface area (Å²) in [5.41, 5.74) is 1.12. The highest BCUT2D eigenvalue weighted by Crippen LogP contribution is 2.29. The van der Waals surface area contributed by atoms with Crippen LogP contribution in [0.3, 0.4) is 0 Å². The van der Waals surface area contributed by atoms with Crippen LogP contribution in [0.2, 0.25) is 0 Å². The van der Waals surface area contributed by atoms with E-state index in [1.165, 1.54) is 35.2 Å². The molecule has 1 heterocycles. The molecule has 3 rings (SSSR count). The number of hydrogen-bond acceptors (Lipinski definition) is 5. The monoisotopic (exact) mass is 358 g/mol. The first-order chi connectivity index (χ1) is 11.3. The highest BCUT2D eigenvalue weighted by Gasteiger charge is 2.11. The van der Waals surface area contributed by atoms with Gasteiger partial charge in [-0.3, -0.25) is 14.7 Å². The molecule has 3 aromatic rings. The van der Waals surface area contributed by atoms with E-state index in [1.807, 2.05) is 66.7 Å². The number of amides is 1. The van der Waals surface area contributed by atoms with Crippen molar-refractivity contribution in [1.29, 1.82) is 0 Å². The summed E-state index contributed by atoms with van der Waals surface area (Å²) in [6.07, 6.45) is 0. The first-order valence-corrected chi connectivity index (χ1v) is 9.37. The fraction of sp³-hybridized carbons (Fsp3) is 0. The lowest BCUT2D eigenvalue weighted by Crippen LogP contribution is -2.14. The molecule has 0 saturated heterocycles. The predicted octanol–water partition coefficient (Wildman–Crippen LogP) is 4.82. The normalized spacial score (nSPS) is 10.5. The van der Waals surface area contributed by atoms with Crippen molar-refractivity contribution in [2.75, 3.05) is 0 Å². The van der Waals surface area contributed by atoms with Gasteiger partial charge in [-0.25, -0.2) is 0 Å². The number of carbonyl (C=O) groups excluding carboxylic acids is 1. The van der Waals surface area contributed by atoms with Crippen LogP contribution in [0.25, 0.3) is 10.4 Å². The summed E-state index contributed by atoms with van der Waals surface area (Å²) < 4.78 is 2.87. The Labute approximate surface area is 147 Å². The van der Waals surface area contributed by atoms with E-state index < -0.39 is 0 Å². The van der Waals surface area contributed by atoms with Gasteiger partial charge in [-0.15, -0.1) is 11.3 Å². The fourth-order valence-corrected chi connectivity index (χ4v) is 4.21. The largest absolute Gasteiger partial charge is 0.291 e. The van der Waals surface area contributed by atoms with Crippen molar-refractivity contribution >= 4 is 41.1 Å². The molecule has 0 radical (unpaired) electrons. The van der Waals surface area contributed by atoms with Crippen LogP contribution in [0.1, 0.15) is 9.67 Å². The molecule has 1 amide bonds. The lowest BCUT2D eigenvalue weighted by molar-refractivity contribution is 0.0988. The summed E-state index contributed by atoms with van der Waals surface area (Å²) in [5.74, 6) is -0.0981. The summed E-state index contributed by atoms with van der Waals surface area (Å²) in [6.45, 7) is 0. The molecule has 3 nitrogen and oxygen atoms in total. The van der Waals surface area contributed by atoms with Crippen molar-refractivity contribution < 1.29 is 4.79 Å². The zero-order chi connectivity index (χ0) is 16.1. The van der Waals surface area contributed by atoms with Gasteiger partial charge in [0.05, 0.1) is 4.88 Å². The fourth-order valence-electron chi connectivity index (χ4n) is 2.00. The SMILES string of the molecule is NSc1ccccc1SNC(=O)c1ccc(-c2ccccc2)s1. The summed E-state index contributed by atoms with van der Waals surface area (Å²) >= 11 is 3.94. The Hall–Kier alpha value is -1.73. The molecule has 2 aromatic carbocycles. The van der Waals surface area contributed by atoms with Gasteiger partial charge in [0.25, 0.3) is 5.91 Å². The van der Waals surface area contributed by atoms with Crippen molar-refractivity contribution in [3.63, 3.8) is 0 Å². The second-order valence-electron chi connectivity index (χ2n) is 4.63. The van der Waals surface area contributed by atoms with Crippen LogP contribution in [0, 0.1) is 0 Å². The Balaban J connectivity index is 1.68. The highest BCUT2D eigenvalue weighted by atomic mass is 32.2. The van der Waals surface area contributed by atoms with Gasteiger partial charge in [0, 0.05) is 14.7 Å². The number of thiophene rings is 1. The van der Waals surface area contributed by atoms with Crippen LogP contribution in [-0.4, -0.2) is 5.91 Å². The van der Waals surface area contributed by atoms with E-state index in [9.17, 15) is 4.79 Å². The van der Waals surface area contributed by atoms with Crippen molar-refractivity contribution in [1.82, 2.24) is 4.72 Å². The van der Waals surface area contributed by atoms with E-state index in [-0.39, 0.29) is 5.91 Å². The van der Waals surface area contributed by atoms with Gasteiger partial charge in [0.15, 0.2) is 0 Å². The Morgan fingerprint density at radius 1 is 0.913 bits per heavy atom. The minimum absolute atomic E-state index is 0.0981. The quantitative estimate of drug-likeness (QED) is 0.642. The molecular weight excluding hydrogens is 344 g/mol. The molecule has 0 aliphatic rings. The maximum atomic E-state index is 12.3. The summed E-state index contributed by atoms with van der Waals surface area (Å²) in [7, 11) is 0. The maximum absolute atomic E-state index is 12.3. The van der Waals surface area contributed by atoms with Crippen LogP contribution in [0.4, 0.5) is 0 Å². The Morgan fingerprint density at radius 3 is 2.35 bits per heavy atom. The number of rotatable bonds is 5. The topological polar surface area (TPSA) is 55.1 Å². The molecule has 0 unspecified atom stereocenters.